The molecule has 0 spiro atoms. The van der Waals surface area contributed by atoms with E-state index < -0.39 is 0 Å². The summed E-state index contributed by atoms with van der Waals surface area (Å²) in [5.74, 6) is 0. The van der Waals surface area contributed by atoms with E-state index in [0.29, 0.717) is 0 Å². The van der Waals surface area contributed by atoms with E-state index in [1.165, 1.54) is 22.0 Å². The van der Waals surface area contributed by atoms with Gasteiger partial charge in [-0.3, -0.25) is 0 Å². The van der Waals surface area contributed by atoms with E-state index in [0.717, 1.165) is 0 Å². The van der Waals surface area contributed by atoms with Gasteiger partial charge < -0.3 is 0 Å². The monoisotopic (exact) mass is 245 g/mol. The van der Waals surface area contributed by atoms with Crippen LogP contribution in [0.15, 0.2) is 18.2 Å². The Morgan fingerprint density at radius 1 is 1.60 bits per heavy atom. The average Bonchev–Trinajstić information content (AvgIpc) is 1.94. The van der Waals surface area contributed by atoms with Gasteiger partial charge in [0.2, 0.25) is 0 Å². The van der Waals surface area contributed by atoms with Gasteiger partial charge in [-0.2, -0.15) is 0 Å². The Kier molecular flexibility index (Phi) is 3.19. The van der Waals surface area contributed by atoms with E-state index in [1.807, 2.05) is 12.1 Å². The van der Waals surface area contributed by atoms with Crippen LogP contribution >= 0.6 is 22.6 Å². The standard InChI is InChI=1S/C9H10I/c1-2-5-8-6-3-4-7-9(8)10/h3-4,6H,2,5H2,1H3. The molecular formula is C9H10I. The second-order valence-electron chi connectivity index (χ2n) is 2.26. The SMILES string of the molecule is CCCc1ccc[c]c1I. The van der Waals surface area contributed by atoms with Crippen LogP contribution in [0.25, 0.3) is 0 Å². The molecule has 53 valence electrons. The number of benzene rings is 1. The molecule has 1 aromatic rings. The summed E-state index contributed by atoms with van der Waals surface area (Å²) < 4.78 is 1.27. The quantitative estimate of drug-likeness (QED) is 0.702. The van der Waals surface area contributed by atoms with E-state index in [9.17, 15) is 0 Å². The first kappa shape index (κ1) is 8.05. The van der Waals surface area contributed by atoms with Crippen molar-refractivity contribution in [1.29, 1.82) is 0 Å². The summed E-state index contributed by atoms with van der Waals surface area (Å²) in [6.07, 6.45) is 2.39. The summed E-state index contributed by atoms with van der Waals surface area (Å²) >= 11 is 2.33. The van der Waals surface area contributed by atoms with Crippen LogP contribution in [-0.2, 0) is 6.42 Å². The third-order valence-electron chi connectivity index (χ3n) is 1.40. The van der Waals surface area contributed by atoms with Crippen LogP contribution in [0.4, 0.5) is 0 Å². The first-order valence-corrected chi connectivity index (χ1v) is 4.57. The Morgan fingerprint density at radius 3 is 3.00 bits per heavy atom. The van der Waals surface area contributed by atoms with Gasteiger partial charge in [-0.1, -0.05) is 31.5 Å². The van der Waals surface area contributed by atoms with Gasteiger partial charge in [0.1, 0.15) is 0 Å². The fourth-order valence-electron chi connectivity index (χ4n) is 0.914. The van der Waals surface area contributed by atoms with Gasteiger partial charge in [-0.15, -0.1) is 0 Å². The zero-order chi connectivity index (χ0) is 7.40. The molecule has 0 heterocycles. The normalized spacial score (nSPS) is 9.80. The number of hydrogen-bond donors (Lipinski definition) is 0. The Balaban J connectivity index is 2.81. The minimum atomic E-state index is 1.18. The lowest BCUT2D eigenvalue weighted by molar-refractivity contribution is 0.916. The van der Waals surface area contributed by atoms with Gasteiger partial charge in [-0.25, -0.2) is 0 Å². The van der Waals surface area contributed by atoms with Crippen molar-refractivity contribution in [2.75, 3.05) is 0 Å². The Hall–Kier alpha value is -0.0500. The molecule has 0 atom stereocenters. The molecule has 0 aliphatic carbocycles. The van der Waals surface area contributed by atoms with E-state index >= 15 is 0 Å². The Labute approximate surface area is 75.8 Å². The molecule has 0 amide bonds. The summed E-state index contributed by atoms with van der Waals surface area (Å²) in [6.45, 7) is 2.20. The van der Waals surface area contributed by atoms with Gasteiger partial charge in [0.15, 0.2) is 0 Å². The lowest BCUT2D eigenvalue weighted by Crippen LogP contribution is -1.86. The van der Waals surface area contributed by atoms with Gasteiger partial charge in [0, 0.05) is 3.57 Å². The minimum Gasteiger partial charge on any atom is -0.0651 e. The third kappa shape index (κ3) is 1.97. The smallest absolute Gasteiger partial charge is 0.0241 e. The Morgan fingerprint density at radius 2 is 2.40 bits per heavy atom. The van der Waals surface area contributed by atoms with Crippen LogP contribution in [0.3, 0.4) is 0 Å². The summed E-state index contributed by atoms with van der Waals surface area (Å²) in [7, 11) is 0. The highest BCUT2D eigenvalue weighted by atomic mass is 127. The van der Waals surface area contributed by atoms with Crippen molar-refractivity contribution in [1.82, 2.24) is 0 Å². The van der Waals surface area contributed by atoms with Crippen molar-refractivity contribution in [3.63, 3.8) is 0 Å². The molecule has 10 heavy (non-hydrogen) atoms. The molecule has 1 rings (SSSR count). The topological polar surface area (TPSA) is 0 Å². The predicted molar refractivity (Wildman–Crippen MR) is 52.0 cm³/mol. The number of halogens is 1. The molecule has 0 saturated carbocycles. The first-order chi connectivity index (χ1) is 4.84. The fraction of sp³-hybridized carbons (Fsp3) is 0.333. The molecular weight excluding hydrogens is 235 g/mol. The maximum absolute atomic E-state index is 3.17. The molecule has 0 nitrogen and oxygen atoms in total. The summed E-state index contributed by atoms with van der Waals surface area (Å²) in [5.41, 5.74) is 1.42. The number of hydrogen-bond acceptors (Lipinski definition) is 0. The second kappa shape index (κ2) is 3.96. The van der Waals surface area contributed by atoms with Crippen molar-refractivity contribution >= 4 is 22.6 Å². The van der Waals surface area contributed by atoms with Gasteiger partial charge in [0.05, 0.1) is 0 Å². The van der Waals surface area contributed by atoms with Crippen LogP contribution < -0.4 is 0 Å². The molecule has 0 aliphatic heterocycles. The molecule has 0 bridgehead atoms. The van der Waals surface area contributed by atoms with Gasteiger partial charge in [-0.05, 0) is 40.6 Å². The van der Waals surface area contributed by atoms with E-state index in [4.69, 9.17) is 0 Å². The van der Waals surface area contributed by atoms with Crippen molar-refractivity contribution in [3.8, 4) is 0 Å². The third-order valence-corrected chi connectivity index (χ3v) is 2.41. The second-order valence-corrected chi connectivity index (χ2v) is 3.34. The van der Waals surface area contributed by atoms with Crippen LogP contribution in [0.2, 0.25) is 0 Å². The van der Waals surface area contributed by atoms with Crippen molar-refractivity contribution in [3.05, 3.63) is 33.4 Å². The largest absolute Gasteiger partial charge is 0.0651 e. The minimum absolute atomic E-state index is 1.18. The van der Waals surface area contributed by atoms with Crippen molar-refractivity contribution < 1.29 is 0 Å². The Bertz CT molecular complexity index is 206. The molecule has 0 unspecified atom stereocenters. The molecule has 0 fully saturated rings. The van der Waals surface area contributed by atoms with Crippen LogP contribution in [0.1, 0.15) is 18.9 Å². The summed E-state index contributed by atoms with van der Waals surface area (Å²) in [4.78, 5) is 0. The van der Waals surface area contributed by atoms with Crippen molar-refractivity contribution in [2.45, 2.75) is 19.8 Å². The van der Waals surface area contributed by atoms with Gasteiger partial charge >= 0.3 is 0 Å². The molecule has 1 aromatic carbocycles. The van der Waals surface area contributed by atoms with Crippen LogP contribution in [0, 0.1) is 9.64 Å². The molecule has 1 radical (unpaired) electrons. The van der Waals surface area contributed by atoms with Gasteiger partial charge in [0.25, 0.3) is 0 Å². The van der Waals surface area contributed by atoms with E-state index in [1.54, 1.807) is 0 Å². The fourth-order valence-corrected chi connectivity index (χ4v) is 1.54. The molecule has 0 N–H and O–H groups in total. The molecule has 0 aromatic heterocycles. The molecule has 0 aliphatic rings. The molecule has 1 heteroatoms. The van der Waals surface area contributed by atoms with Crippen LogP contribution in [-0.4, -0.2) is 0 Å². The number of rotatable bonds is 2. The van der Waals surface area contributed by atoms with Crippen LogP contribution in [0.5, 0.6) is 0 Å². The predicted octanol–water partition coefficient (Wildman–Crippen LogP) is 3.04. The number of aryl methyl sites for hydroxylation is 1. The maximum Gasteiger partial charge on any atom is 0.0241 e. The lowest BCUT2D eigenvalue weighted by Gasteiger charge is -1.99. The zero-order valence-electron chi connectivity index (χ0n) is 6.02. The highest BCUT2D eigenvalue weighted by Gasteiger charge is 1.94. The summed E-state index contributed by atoms with van der Waals surface area (Å²) in [6, 6.07) is 9.35. The highest BCUT2D eigenvalue weighted by Crippen LogP contribution is 2.11. The van der Waals surface area contributed by atoms with Crippen molar-refractivity contribution in [2.24, 2.45) is 0 Å². The van der Waals surface area contributed by atoms with E-state index in [-0.39, 0.29) is 0 Å². The maximum atomic E-state index is 3.17. The average molecular weight is 245 g/mol. The first-order valence-electron chi connectivity index (χ1n) is 3.49. The summed E-state index contributed by atoms with van der Waals surface area (Å²) in [5, 5.41) is 0. The highest BCUT2D eigenvalue weighted by molar-refractivity contribution is 14.1. The lowest BCUT2D eigenvalue weighted by atomic mass is 10.1. The zero-order valence-corrected chi connectivity index (χ0v) is 8.18. The van der Waals surface area contributed by atoms with E-state index in [2.05, 4.69) is 41.6 Å². The molecule has 0 saturated heterocycles.